The third kappa shape index (κ3) is 2.34. The maximum absolute atomic E-state index is 13.9. The number of nitrogens with one attached hydrogen (secondary N) is 2. The summed E-state index contributed by atoms with van der Waals surface area (Å²) >= 11 is 0. The number of anilines is 2. The summed E-state index contributed by atoms with van der Waals surface area (Å²) < 4.78 is 27.5. The summed E-state index contributed by atoms with van der Waals surface area (Å²) in [6.07, 6.45) is 0.851. The summed E-state index contributed by atoms with van der Waals surface area (Å²) in [6, 6.07) is 1.01. The molecular weight excluding hydrogens is 260 g/mol. The van der Waals surface area contributed by atoms with Crippen LogP contribution in [0, 0.1) is 22.5 Å². The molecule has 3 nitrogen and oxygen atoms in total. The highest BCUT2D eigenvalue weighted by Gasteiger charge is 2.65. The molecule has 1 aliphatic rings. The Bertz CT molecular complexity index is 498. The maximum Gasteiger partial charge on any atom is 0.168 e. The molecule has 1 saturated carbocycles. The first-order valence-electron chi connectivity index (χ1n) is 7.08. The quantitative estimate of drug-likeness (QED) is 0.856. The lowest BCUT2D eigenvalue weighted by Gasteiger charge is -2.12. The fraction of sp³-hybridized carbons (Fsp3) is 0.667. The fourth-order valence-corrected chi connectivity index (χ4v) is 2.63. The lowest BCUT2D eigenvalue weighted by Crippen LogP contribution is -2.15. The van der Waals surface area contributed by atoms with Crippen molar-refractivity contribution in [2.24, 2.45) is 10.8 Å². The number of rotatable bonds is 5. The van der Waals surface area contributed by atoms with E-state index in [1.54, 1.807) is 0 Å². The van der Waals surface area contributed by atoms with Crippen LogP contribution in [0.5, 0.6) is 0 Å². The van der Waals surface area contributed by atoms with E-state index in [-0.39, 0.29) is 28.5 Å². The molecule has 0 aliphatic heterocycles. The molecular formula is C15H23F2N3. The van der Waals surface area contributed by atoms with Crippen molar-refractivity contribution < 1.29 is 8.78 Å². The molecule has 2 rings (SSSR count). The minimum absolute atomic E-state index is 0.0620. The zero-order chi connectivity index (χ0) is 15.1. The number of halogens is 2. The Balaban J connectivity index is 2.20. The van der Waals surface area contributed by atoms with Gasteiger partial charge in [0.15, 0.2) is 23.3 Å². The molecule has 1 fully saturated rings. The summed E-state index contributed by atoms with van der Waals surface area (Å²) in [5.41, 5.74) is 0.124. The molecule has 1 heterocycles. The van der Waals surface area contributed by atoms with Crippen molar-refractivity contribution in [1.29, 1.82) is 0 Å². The zero-order valence-electron chi connectivity index (χ0n) is 12.8. The molecule has 20 heavy (non-hydrogen) atoms. The summed E-state index contributed by atoms with van der Waals surface area (Å²) in [6.45, 7) is 11.1. The van der Waals surface area contributed by atoms with Gasteiger partial charge in [-0.15, -0.1) is 0 Å². The highest BCUT2D eigenvalue weighted by molar-refractivity contribution is 5.50. The van der Waals surface area contributed by atoms with Crippen molar-refractivity contribution in [2.45, 2.75) is 47.1 Å². The third-order valence-corrected chi connectivity index (χ3v) is 4.77. The third-order valence-electron chi connectivity index (χ3n) is 4.77. The molecule has 112 valence electrons. The number of hydrogen-bond donors (Lipinski definition) is 2. The standard InChI is InChI=1S/C15H23F2N3/c1-6-7-18-11-9(16)8-10(17)12(19-11)20-13-14(2,3)15(13,4)5/h8,13H,6-7H2,1-5H3,(H2,18,19,20). The van der Waals surface area contributed by atoms with Gasteiger partial charge in [0.1, 0.15) is 0 Å². The van der Waals surface area contributed by atoms with Crippen LogP contribution < -0.4 is 10.6 Å². The molecule has 0 spiro atoms. The molecule has 0 unspecified atom stereocenters. The molecule has 0 aromatic carbocycles. The fourth-order valence-electron chi connectivity index (χ4n) is 2.63. The van der Waals surface area contributed by atoms with Crippen LogP contribution in [0.4, 0.5) is 20.4 Å². The van der Waals surface area contributed by atoms with E-state index < -0.39 is 11.6 Å². The molecule has 0 atom stereocenters. The summed E-state index contributed by atoms with van der Waals surface area (Å²) in [7, 11) is 0. The van der Waals surface area contributed by atoms with Crippen LogP contribution in [0.2, 0.25) is 0 Å². The van der Waals surface area contributed by atoms with Crippen LogP contribution in [0.25, 0.3) is 0 Å². The highest BCUT2D eigenvalue weighted by Crippen LogP contribution is 2.63. The van der Waals surface area contributed by atoms with Gasteiger partial charge in [0.05, 0.1) is 0 Å². The zero-order valence-corrected chi connectivity index (χ0v) is 12.8. The summed E-state index contributed by atoms with van der Waals surface area (Å²) in [5.74, 6) is -1.08. The first kappa shape index (κ1) is 15.0. The van der Waals surface area contributed by atoms with Crippen molar-refractivity contribution in [3.05, 3.63) is 17.7 Å². The van der Waals surface area contributed by atoms with Crippen molar-refractivity contribution in [3.8, 4) is 0 Å². The van der Waals surface area contributed by atoms with Gasteiger partial charge in [0, 0.05) is 18.7 Å². The predicted octanol–water partition coefficient (Wildman–Crippen LogP) is 4.03. The Morgan fingerprint density at radius 2 is 1.65 bits per heavy atom. The van der Waals surface area contributed by atoms with Crippen molar-refractivity contribution in [3.63, 3.8) is 0 Å². The van der Waals surface area contributed by atoms with Gasteiger partial charge in [-0.1, -0.05) is 34.6 Å². The van der Waals surface area contributed by atoms with Crippen molar-refractivity contribution >= 4 is 11.6 Å². The lowest BCUT2D eigenvalue weighted by atomic mass is 10.0. The van der Waals surface area contributed by atoms with E-state index in [1.807, 2.05) is 6.92 Å². The Hall–Kier alpha value is -1.39. The van der Waals surface area contributed by atoms with E-state index in [0.29, 0.717) is 6.54 Å². The van der Waals surface area contributed by atoms with Crippen LogP contribution in [-0.2, 0) is 0 Å². The first-order chi connectivity index (χ1) is 9.21. The average molecular weight is 283 g/mol. The Labute approximate surface area is 119 Å². The molecule has 0 radical (unpaired) electrons. The second-order valence-corrected chi connectivity index (χ2v) is 6.60. The van der Waals surface area contributed by atoms with Gasteiger partial charge < -0.3 is 10.6 Å². The molecule has 0 bridgehead atoms. The number of pyridine rings is 1. The van der Waals surface area contributed by atoms with Gasteiger partial charge in [0.2, 0.25) is 0 Å². The number of aromatic nitrogens is 1. The first-order valence-corrected chi connectivity index (χ1v) is 7.08. The SMILES string of the molecule is CCCNc1nc(NC2C(C)(C)C2(C)C)c(F)cc1F. The van der Waals surface area contributed by atoms with Crippen LogP contribution >= 0.6 is 0 Å². The van der Waals surface area contributed by atoms with Gasteiger partial charge in [-0.25, -0.2) is 13.8 Å². The van der Waals surface area contributed by atoms with E-state index >= 15 is 0 Å². The average Bonchev–Trinajstić information content (AvgIpc) is 2.73. The second kappa shape index (κ2) is 4.86. The molecule has 2 N–H and O–H groups in total. The largest absolute Gasteiger partial charge is 0.368 e. The molecule has 0 saturated heterocycles. The van der Waals surface area contributed by atoms with Gasteiger partial charge >= 0.3 is 0 Å². The van der Waals surface area contributed by atoms with E-state index in [4.69, 9.17) is 0 Å². The smallest absolute Gasteiger partial charge is 0.168 e. The lowest BCUT2D eigenvalue weighted by molar-refractivity contribution is 0.457. The Kier molecular flexibility index (Phi) is 3.65. The van der Waals surface area contributed by atoms with Crippen LogP contribution in [-0.4, -0.2) is 17.6 Å². The molecule has 1 aromatic rings. The predicted molar refractivity (Wildman–Crippen MR) is 77.9 cm³/mol. The summed E-state index contributed by atoms with van der Waals surface area (Å²) in [5, 5.41) is 5.99. The summed E-state index contributed by atoms with van der Waals surface area (Å²) in [4.78, 5) is 4.05. The van der Waals surface area contributed by atoms with Gasteiger partial charge in [-0.05, 0) is 17.3 Å². The van der Waals surface area contributed by atoms with E-state index in [0.717, 1.165) is 12.5 Å². The second-order valence-electron chi connectivity index (χ2n) is 6.60. The molecule has 5 heteroatoms. The normalized spacial score (nSPS) is 19.8. The van der Waals surface area contributed by atoms with E-state index in [1.165, 1.54) is 0 Å². The van der Waals surface area contributed by atoms with E-state index in [2.05, 4.69) is 43.3 Å². The van der Waals surface area contributed by atoms with Gasteiger partial charge in [-0.2, -0.15) is 0 Å². The monoisotopic (exact) mass is 283 g/mol. The highest BCUT2D eigenvalue weighted by atomic mass is 19.1. The number of nitrogens with zero attached hydrogens (tertiary/aromatic N) is 1. The Morgan fingerprint density at radius 1 is 1.10 bits per heavy atom. The van der Waals surface area contributed by atoms with Crippen LogP contribution in [0.3, 0.4) is 0 Å². The molecule has 1 aliphatic carbocycles. The minimum Gasteiger partial charge on any atom is -0.368 e. The van der Waals surface area contributed by atoms with Crippen LogP contribution in [0.15, 0.2) is 6.07 Å². The molecule has 0 amide bonds. The maximum atomic E-state index is 13.9. The van der Waals surface area contributed by atoms with Gasteiger partial charge in [-0.3, -0.25) is 0 Å². The topological polar surface area (TPSA) is 37.0 Å². The molecule has 1 aromatic heterocycles. The van der Waals surface area contributed by atoms with Crippen LogP contribution in [0.1, 0.15) is 41.0 Å². The number of hydrogen-bond acceptors (Lipinski definition) is 3. The van der Waals surface area contributed by atoms with Gasteiger partial charge in [0.25, 0.3) is 0 Å². The van der Waals surface area contributed by atoms with Crippen molar-refractivity contribution in [2.75, 3.05) is 17.2 Å². The van der Waals surface area contributed by atoms with Crippen molar-refractivity contribution in [1.82, 2.24) is 4.98 Å². The Morgan fingerprint density at radius 3 is 2.15 bits per heavy atom. The minimum atomic E-state index is -0.657. The van der Waals surface area contributed by atoms with E-state index in [9.17, 15) is 8.78 Å².